The molecular formula is C117H186N24O7. The minimum absolute atomic E-state index is 0. The predicted octanol–water partition coefficient (Wildman–Crippen LogP) is 18.7. The lowest BCUT2D eigenvalue weighted by Gasteiger charge is -2.45. The molecule has 0 amide bonds. The van der Waals surface area contributed by atoms with E-state index in [9.17, 15) is 0 Å². The number of hydrogen-bond donors (Lipinski definition) is 0. The molecule has 816 valence electrons. The van der Waals surface area contributed by atoms with E-state index in [4.69, 9.17) is 38.1 Å². The molecule has 0 bridgehead atoms. The number of pyridine rings is 7. The first-order chi connectivity index (χ1) is 70.3. The first-order valence-corrected chi connectivity index (χ1v) is 54.2. The molecule has 148 heavy (non-hydrogen) atoms. The third-order valence-electron chi connectivity index (χ3n) is 29.9. The van der Waals surface area contributed by atoms with Gasteiger partial charge >= 0.3 is 0 Å². The monoisotopic (exact) mass is 2040 g/mol. The maximum Gasteiger partial charge on any atom is 0.0946 e. The van der Waals surface area contributed by atoms with Crippen molar-refractivity contribution in [3.63, 3.8) is 0 Å². The molecule has 7 aliphatic heterocycles. The highest BCUT2D eigenvalue weighted by Crippen LogP contribution is 2.34. The van der Waals surface area contributed by atoms with Crippen LogP contribution in [0.3, 0.4) is 0 Å². The minimum atomic E-state index is 0. The van der Waals surface area contributed by atoms with Crippen molar-refractivity contribution < 1.29 is 33.2 Å². The summed E-state index contributed by atoms with van der Waals surface area (Å²) in [6.07, 6.45) is 29.9. The summed E-state index contributed by atoms with van der Waals surface area (Å²) in [6, 6.07) is 30.3. The fraction of sp³-hybridized carbons (Fsp3) is 0.624. The van der Waals surface area contributed by atoms with Crippen LogP contribution in [-0.4, -0.2) is 336 Å². The van der Waals surface area contributed by atoms with Crippen LogP contribution >= 0.6 is 0 Å². The average Bonchev–Trinajstić information content (AvgIpc) is 0.812. The van der Waals surface area contributed by atoms with Crippen molar-refractivity contribution in [3.8, 4) is 0 Å². The van der Waals surface area contributed by atoms with Crippen LogP contribution in [0.4, 0.5) is 39.8 Å². The van der Waals surface area contributed by atoms with E-state index in [-0.39, 0.29) is 60.7 Å². The van der Waals surface area contributed by atoms with Crippen LogP contribution in [-0.2, 0) is 59.3 Å². The molecular weight excluding hydrogens is 1850 g/mol. The van der Waals surface area contributed by atoms with Crippen molar-refractivity contribution in [2.24, 2.45) is 0 Å². The van der Waals surface area contributed by atoms with Crippen LogP contribution in [0.25, 0.3) is 0 Å². The second-order valence-electron chi connectivity index (χ2n) is 44.1. The molecule has 0 aromatic carbocycles. The molecule has 7 saturated heterocycles. The molecule has 7 aliphatic rings. The van der Waals surface area contributed by atoms with Gasteiger partial charge < -0.3 is 95.9 Å². The summed E-state index contributed by atoms with van der Waals surface area (Å²) in [5.41, 5.74) is 17.7. The summed E-state index contributed by atoms with van der Waals surface area (Å²) < 4.78 is 47.3. The van der Waals surface area contributed by atoms with Gasteiger partial charge in [0.1, 0.15) is 0 Å². The standard InChI is InChI=1S/4C17H29N3O.3C16H22N4O.CH4/c3*1-13(2)15-8-7-14(11-18-15)20-9-10-21-16(12-20)17(3,4)19(5)6;1-5-19(6-2)13-16-17(20-9-11-21-12-10-20)8-7-15(18-16)14(3)4;3*1-13(2)16-4-3-14(9-18-16)20-7-8-21-15(11-20)10-19-6-5-17-12-19;/h3*7-8,11,13,16H,9-10,12H2,1-6H3;7-8,14H,5-6,9-13H2,1-4H3;3*3-6,9,12-13,15H,7-8,10-11H2,1-2H3;1H4/t2*16-;;;2*15-;;/m10..10../s1. The quantitative estimate of drug-likeness (QED) is 0.0406. The number of rotatable bonds is 30. The fourth-order valence-corrected chi connectivity index (χ4v) is 18.1. The molecule has 10 aromatic heterocycles. The molecule has 7 fully saturated rings. The number of ether oxygens (including phenoxy) is 7. The van der Waals surface area contributed by atoms with Gasteiger partial charge in [0.05, 0.1) is 211 Å². The summed E-state index contributed by atoms with van der Waals surface area (Å²) in [7, 11) is 12.7. The zero-order chi connectivity index (χ0) is 106. The number of morpholine rings is 7. The predicted molar refractivity (Wildman–Crippen MR) is 606 cm³/mol. The first-order valence-electron chi connectivity index (χ1n) is 54.2. The van der Waals surface area contributed by atoms with Crippen molar-refractivity contribution in [3.05, 3.63) is 224 Å². The van der Waals surface area contributed by atoms with Gasteiger partial charge in [-0.05, 0) is 223 Å². The highest BCUT2D eigenvalue weighted by Gasteiger charge is 2.40. The molecule has 6 atom stereocenters. The number of likely N-dealkylation sites (N-methyl/N-ethyl adjacent to an activating group) is 3. The maximum atomic E-state index is 6.01. The number of hydrogen-bond acceptors (Lipinski definition) is 28. The molecule has 31 nitrogen and oxygen atoms in total. The van der Waals surface area contributed by atoms with Crippen LogP contribution in [0, 0.1) is 0 Å². The lowest BCUT2D eigenvalue weighted by Crippen LogP contribution is -2.57. The molecule has 17 heterocycles. The van der Waals surface area contributed by atoms with E-state index >= 15 is 0 Å². The molecule has 0 spiro atoms. The first kappa shape index (κ1) is 120. The van der Waals surface area contributed by atoms with Gasteiger partial charge in [-0.25, -0.2) is 15.0 Å². The molecule has 17 rings (SSSR count). The Hall–Kier alpha value is -10.2. The second-order valence-corrected chi connectivity index (χ2v) is 44.1. The zero-order valence-corrected chi connectivity index (χ0v) is 94.6. The summed E-state index contributed by atoms with van der Waals surface area (Å²) in [4.78, 5) is 70.4. The van der Waals surface area contributed by atoms with Crippen molar-refractivity contribution in [1.82, 2.24) is 83.1 Å². The van der Waals surface area contributed by atoms with E-state index in [1.165, 1.54) is 51.2 Å². The minimum Gasteiger partial charge on any atom is -0.378 e. The van der Waals surface area contributed by atoms with Crippen LogP contribution in [0.2, 0.25) is 0 Å². The van der Waals surface area contributed by atoms with E-state index < -0.39 is 0 Å². The summed E-state index contributed by atoms with van der Waals surface area (Å²) in [6.45, 7) is 73.0. The topological polar surface area (TPSA) is 244 Å². The smallest absolute Gasteiger partial charge is 0.0946 e. The number of anilines is 7. The molecule has 0 aliphatic carbocycles. The summed E-state index contributed by atoms with van der Waals surface area (Å²) in [5.74, 6) is 3.31. The highest BCUT2D eigenvalue weighted by atomic mass is 16.5. The van der Waals surface area contributed by atoms with E-state index in [1.807, 2.05) is 74.8 Å². The molecule has 10 aromatic rings. The Balaban J connectivity index is 0.000000176. The average molecular weight is 2040 g/mol. The lowest BCUT2D eigenvalue weighted by atomic mass is 9.94. The third-order valence-corrected chi connectivity index (χ3v) is 29.9. The largest absolute Gasteiger partial charge is 0.378 e. The van der Waals surface area contributed by atoms with Crippen LogP contribution in [0.1, 0.15) is 247 Å². The second kappa shape index (κ2) is 58.5. The lowest BCUT2D eigenvalue weighted by molar-refractivity contribution is -0.0484. The number of nitrogens with zero attached hydrogens (tertiary/aromatic N) is 24. The summed E-state index contributed by atoms with van der Waals surface area (Å²) >= 11 is 0. The Kier molecular flexibility index (Phi) is 47.3. The SMILES string of the molecule is C.CC(C)c1ccc(N2CCOC(C(C)(C)N(C)C)C2)cn1.CC(C)c1ccc(N2CCOC(Cn3ccnc3)C2)cn1.CC(C)c1ccc(N2CCO[C@@H](C(C)(C)N(C)C)C2)cn1.CC(C)c1ccc(N2CCO[C@@H](Cn3ccnc3)C2)cn1.CC(C)c1ccc(N2CCO[C@H](C(C)(C)N(C)C)C2)cn1.CC(C)c1ccc(N2CCO[C@H](Cn3ccnc3)C2)cn1.CCN(CC)Cc1nc(C(C)C)ccc1N1CCOCC1. The van der Waals surface area contributed by atoms with Crippen molar-refractivity contribution >= 4 is 39.8 Å². The van der Waals surface area contributed by atoms with E-state index in [2.05, 4.69) is 392 Å². The normalized spacial score (nSPS) is 19.1. The zero-order valence-electron chi connectivity index (χ0n) is 94.6. The van der Waals surface area contributed by atoms with Gasteiger partial charge in [0.15, 0.2) is 0 Å². The Labute approximate surface area is 889 Å². The van der Waals surface area contributed by atoms with Gasteiger partial charge in [-0.15, -0.1) is 0 Å². The summed E-state index contributed by atoms with van der Waals surface area (Å²) in [5, 5.41) is 0. The van der Waals surface area contributed by atoms with Gasteiger partial charge in [0.2, 0.25) is 0 Å². The van der Waals surface area contributed by atoms with Crippen LogP contribution < -0.4 is 34.3 Å². The Morgan fingerprint density at radius 2 is 0.541 bits per heavy atom. The van der Waals surface area contributed by atoms with Gasteiger partial charge in [0, 0.05) is 192 Å². The van der Waals surface area contributed by atoms with Crippen molar-refractivity contribution in [1.29, 1.82) is 0 Å². The Morgan fingerprint density at radius 3 is 0.757 bits per heavy atom. The molecule has 31 heteroatoms. The van der Waals surface area contributed by atoms with Gasteiger partial charge in [-0.3, -0.25) is 39.8 Å². The van der Waals surface area contributed by atoms with Crippen LogP contribution in [0.5, 0.6) is 0 Å². The Morgan fingerprint density at radius 1 is 0.304 bits per heavy atom. The van der Waals surface area contributed by atoms with E-state index in [0.29, 0.717) is 41.4 Å². The molecule has 0 radical (unpaired) electrons. The van der Waals surface area contributed by atoms with Gasteiger partial charge in [-0.1, -0.05) is 118 Å². The highest BCUT2D eigenvalue weighted by molar-refractivity contribution is 5.54. The molecule has 2 unspecified atom stereocenters. The third kappa shape index (κ3) is 35.5. The fourth-order valence-electron chi connectivity index (χ4n) is 18.1. The van der Waals surface area contributed by atoms with E-state index in [1.54, 1.807) is 18.6 Å². The van der Waals surface area contributed by atoms with Crippen molar-refractivity contribution in [2.45, 2.75) is 281 Å². The molecule has 0 saturated carbocycles. The Bertz CT molecular complexity index is 4840. The number of imidazole rings is 3. The van der Waals surface area contributed by atoms with Crippen LogP contribution in [0.15, 0.2) is 178 Å². The van der Waals surface area contributed by atoms with Gasteiger partial charge in [-0.2, -0.15) is 0 Å². The number of aromatic nitrogens is 13. The van der Waals surface area contributed by atoms with Gasteiger partial charge in [0.25, 0.3) is 0 Å². The van der Waals surface area contributed by atoms with E-state index in [0.717, 1.165) is 218 Å². The maximum absolute atomic E-state index is 6.01. The van der Waals surface area contributed by atoms with Crippen molar-refractivity contribution in [2.75, 3.05) is 234 Å². The molecule has 0 N–H and O–H groups in total.